The molecule has 1 atom stereocenters. The molecule has 1 fully saturated rings. The van der Waals surface area contributed by atoms with Crippen LogP contribution in [0.1, 0.15) is 43.0 Å². The van der Waals surface area contributed by atoms with Crippen molar-refractivity contribution in [1.82, 2.24) is 19.6 Å². The van der Waals surface area contributed by atoms with Crippen LogP contribution in [-0.2, 0) is 4.79 Å². The van der Waals surface area contributed by atoms with E-state index in [0.29, 0.717) is 11.7 Å². The Morgan fingerprint density at radius 1 is 1.39 bits per heavy atom. The van der Waals surface area contributed by atoms with Crippen LogP contribution >= 0.6 is 11.6 Å². The lowest BCUT2D eigenvalue weighted by Crippen LogP contribution is -2.19. The number of anilines is 1. The third kappa shape index (κ3) is 3.91. The minimum atomic E-state index is -4.89. The molecule has 0 aliphatic heterocycles. The number of alkyl halides is 3. The molecule has 0 bridgehead atoms. The molecule has 3 aromatic rings. The first kappa shape index (κ1) is 18.6. The minimum absolute atomic E-state index is 0.0388. The summed E-state index contributed by atoms with van der Waals surface area (Å²) in [6, 6.07) is 2.80. The van der Waals surface area contributed by atoms with E-state index < -0.39 is 18.0 Å². The van der Waals surface area contributed by atoms with Gasteiger partial charge in [0.2, 0.25) is 5.91 Å². The van der Waals surface area contributed by atoms with E-state index in [0.717, 1.165) is 24.6 Å². The molecule has 2 N–H and O–H groups in total. The Hall–Kier alpha value is -2.75. The molecule has 4 rings (SSSR count). The van der Waals surface area contributed by atoms with Gasteiger partial charge in [-0.1, -0.05) is 11.6 Å². The molecule has 3 aromatic heterocycles. The summed E-state index contributed by atoms with van der Waals surface area (Å²) >= 11 is 5.86. The summed E-state index contributed by atoms with van der Waals surface area (Å²) in [6.45, 7) is 1.59. The van der Waals surface area contributed by atoms with Gasteiger partial charge >= 0.3 is 6.36 Å². The van der Waals surface area contributed by atoms with E-state index in [4.69, 9.17) is 11.6 Å². The van der Waals surface area contributed by atoms with Crippen LogP contribution < -0.4 is 10.1 Å². The number of carbonyl (C=O) groups excluding carboxylic acids is 1. The predicted molar refractivity (Wildman–Crippen MR) is 94.5 cm³/mol. The molecule has 0 radical (unpaired) electrons. The number of pyridine rings is 1. The maximum absolute atomic E-state index is 12.6. The van der Waals surface area contributed by atoms with Crippen LogP contribution in [0.15, 0.2) is 24.5 Å². The van der Waals surface area contributed by atoms with E-state index in [2.05, 4.69) is 25.2 Å². The van der Waals surface area contributed by atoms with Crippen molar-refractivity contribution in [2.75, 3.05) is 5.32 Å². The van der Waals surface area contributed by atoms with Crippen LogP contribution in [0.4, 0.5) is 19.0 Å². The highest BCUT2D eigenvalue weighted by molar-refractivity contribution is 6.30. The minimum Gasteiger partial charge on any atom is -0.402 e. The van der Waals surface area contributed by atoms with Crippen molar-refractivity contribution >= 4 is 29.0 Å². The second-order valence-electron chi connectivity index (χ2n) is 6.66. The van der Waals surface area contributed by atoms with E-state index in [-0.39, 0.29) is 22.3 Å². The molecule has 0 aromatic carbocycles. The topological polar surface area (TPSA) is 84.3 Å². The highest BCUT2D eigenvalue weighted by Gasteiger charge is 2.33. The zero-order chi connectivity index (χ0) is 20.1. The molecule has 1 aliphatic rings. The summed E-state index contributed by atoms with van der Waals surface area (Å²) in [6.07, 6.45) is 0.126. The van der Waals surface area contributed by atoms with Gasteiger partial charge in [0.15, 0.2) is 17.2 Å². The Bertz CT molecular complexity index is 1040. The maximum atomic E-state index is 12.6. The summed E-state index contributed by atoms with van der Waals surface area (Å²) in [5.41, 5.74) is 1.15. The average molecular weight is 414 g/mol. The van der Waals surface area contributed by atoms with Crippen LogP contribution in [0, 0.1) is 0 Å². The number of halogens is 4. The fourth-order valence-electron chi connectivity index (χ4n) is 2.83. The Morgan fingerprint density at radius 3 is 2.82 bits per heavy atom. The van der Waals surface area contributed by atoms with Crippen LogP contribution in [0.5, 0.6) is 5.75 Å². The predicted octanol–water partition coefficient (Wildman–Crippen LogP) is 4.23. The lowest BCUT2D eigenvalue weighted by molar-refractivity contribution is -0.274. The fraction of sp³-hybridized carbons (Fsp3) is 0.353. The standard InChI is InChI=1S/C17H15ClF3N5O2/c1-8(16(27)23-14-5-11(24-25-14)9-2-3-9)12-7-26-6-10(18)4-13(15(26)22-12)28-17(19,20)21/h4-9H,2-3H2,1H3,(H2,23,24,25,27)/t8-/m0/s1. The summed E-state index contributed by atoms with van der Waals surface area (Å²) in [5.74, 6) is -0.808. The van der Waals surface area contributed by atoms with Crippen molar-refractivity contribution in [2.45, 2.75) is 38.0 Å². The van der Waals surface area contributed by atoms with Gasteiger partial charge in [-0.05, 0) is 19.8 Å². The highest BCUT2D eigenvalue weighted by atomic mass is 35.5. The molecular formula is C17H15ClF3N5O2. The van der Waals surface area contributed by atoms with E-state index in [1.54, 1.807) is 13.0 Å². The third-order valence-electron chi connectivity index (χ3n) is 4.43. The monoisotopic (exact) mass is 413 g/mol. The van der Waals surface area contributed by atoms with Crippen LogP contribution in [-0.4, -0.2) is 31.9 Å². The second kappa shape index (κ2) is 6.69. The number of nitrogens with zero attached hydrogens (tertiary/aromatic N) is 3. The van der Waals surface area contributed by atoms with Gasteiger partial charge in [-0.15, -0.1) is 13.2 Å². The van der Waals surface area contributed by atoms with E-state index in [1.165, 1.54) is 16.8 Å². The number of imidazole rings is 1. The molecule has 3 heterocycles. The zero-order valence-corrected chi connectivity index (χ0v) is 15.3. The number of amides is 1. The van der Waals surface area contributed by atoms with Crippen LogP contribution in [0.25, 0.3) is 5.65 Å². The van der Waals surface area contributed by atoms with E-state index in [9.17, 15) is 18.0 Å². The van der Waals surface area contributed by atoms with Gasteiger partial charge in [-0.3, -0.25) is 9.89 Å². The van der Waals surface area contributed by atoms with Crippen molar-refractivity contribution in [3.63, 3.8) is 0 Å². The maximum Gasteiger partial charge on any atom is 0.573 e. The summed E-state index contributed by atoms with van der Waals surface area (Å²) in [7, 11) is 0. The van der Waals surface area contributed by atoms with Crippen molar-refractivity contribution in [1.29, 1.82) is 0 Å². The largest absolute Gasteiger partial charge is 0.573 e. The van der Waals surface area contributed by atoms with Gasteiger partial charge in [-0.25, -0.2) is 4.98 Å². The second-order valence-corrected chi connectivity index (χ2v) is 7.10. The number of nitrogens with one attached hydrogen (secondary N) is 2. The van der Waals surface area contributed by atoms with Gasteiger partial charge in [0.05, 0.1) is 16.6 Å². The Morgan fingerprint density at radius 2 is 2.14 bits per heavy atom. The summed E-state index contributed by atoms with van der Waals surface area (Å²) in [4.78, 5) is 16.6. The SMILES string of the molecule is C[C@H](C(=O)Nc1cc(C2CC2)[nH]n1)c1cn2cc(Cl)cc(OC(F)(F)F)c2n1. The Labute approximate surface area is 161 Å². The number of ether oxygens (including phenoxy) is 1. The zero-order valence-electron chi connectivity index (χ0n) is 14.5. The molecule has 1 aliphatic carbocycles. The number of aromatic amines is 1. The van der Waals surface area contributed by atoms with Gasteiger partial charge in [0.25, 0.3) is 0 Å². The highest BCUT2D eigenvalue weighted by Crippen LogP contribution is 2.39. The fourth-order valence-corrected chi connectivity index (χ4v) is 3.04. The van der Waals surface area contributed by atoms with Crippen LogP contribution in [0.3, 0.4) is 0 Å². The van der Waals surface area contributed by atoms with Gasteiger partial charge in [0, 0.05) is 36.1 Å². The third-order valence-corrected chi connectivity index (χ3v) is 4.64. The number of rotatable bonds is 5. The number of H-pyrrole nitrogens is 1. The number of carbonyl (C=O) groups is 1. The molecule has 0 spiro atoms. The van der Waals surface area contributed by atoms with Crippen molar-refractivity contribution in [3.05, 3.63) is 40.9 Å². The van der Waals surface area contributed by atoms with Gasteiger partial charge < -0.3 is 14.5 Å². The quantitative estimate of drug-likeness (QED) is 0.655. The molecular weight excluding hydrogens is 399 g/mol. The van der Waals surface area contributed by atoms with Gasteiger partial charge in [0.1, 0.15) is 0 Å². The molecule has 0 saturated heterocycles. The first-order valence-electron chi connectivity index (χ1n) is 8.49. The van der Waals surface area contributed by atoms with Gasteiger partial charge in [-0.2, -0.15) is 5.10 Å². The molecule has 7 nitrogen and oxygen atoms in total. The molecule has 11 heteroatoms. The Balaban J connectivity index is 1.56. The number of hydrogen-bond donors (Lipinski definition) is 2. The normalized spacial score (nSPS) is 15.6. The lowest BCUT2D eigenvalue weighted by Gasteiger charge is -2.10. The molecule has 1 saturated carbocycles. The first-order chi connectivity index (χ1) is 13.2. The van der Waals surface area contributed by atoms with Crippen LogP contribution in [0.2, 0.25) is 5.02 Å². The average Bonchev–Trinajstić information content (AvgIpc) is 3.18. The molecule has 0 unspecified atom stereocenters. The summed E-state index contributed by atoms with van der Waals surface area (Å²) in [5, 5.41) is 9.67. The lowest BCUT2D eigenvalue weighted by atomic mass is 10.1. The number of aromatic nitrogens is 4. The van der Waals surface area contributed by atoms with Crippen molar-refractivity contribution < 1.29 is 22.7 Å². The molecule has 28 heavy (non-hydrogen) atoms. The van der Waals surface area contributed by atoms with Crippen molar-refractivity contribution in [2.24, 2.45) is 0 Å². The number of fused-ring (bicyclic) bond motifs is 1. The molecule has 1 amide bonds. The first-order valence-corrected chi connectivity index (χ1v) is 8.87. The molecule has 148 valence electrons. The van der Waals surface area contributed by atoms with E-state index >= 15 is 0 Å². The Kier molecular flexibility index (Phi) is 4.45. The summed E-state index contributed by atoms with van der Waals surface area (Å²) < 4.78 is 43.2. The smallest absolute Gasteiger partial charge is 0.402 e. The number of hydrogen-bond acceptors (Lipinski definition) is 4. The van der Waals surface area contributed by atoms with Crippen molar-refractivity contribution in [3.8, 4) is 5.75 Å². The van der Waals surface area contributed by atoms with E-state index in [1.807, 2.05) is 0 Å².